The maximum Gasteiger partial charge on any atom is 0.283 e. The molecule has 106 valence electrons. The van der Waals surface area contributed by atoms with Crippen LogP contribution < -0.4 is 15.2 Å². The third kappa shape index (κ3) is 1.53. The Morgan fingerprint density at radius 1 is 1.24 bits per heavy atom. The zero-order valence-electron chi connectivity index (χ0n) is 11.4. The summed E-state index contributed by atoms with van der Waals surface area (Å²) >= 11 is 0. The summed E-state index contributed by atoms with van der Waals surface area (Å²) in [6.07, 6.45) is 1.67. The Labute approximate surface area is 121 Å². The molecule has 6 nitrogen and oxygen atoms in total. The number of pyridine rings is 1. The number of fused-ring (bicyclic) bond motifs is 4. The van der Waals surface area contributed by atoms with Crippen molar-refractivity contribution in [2.75, 3.05) is 13.7 Å². The van der Waals surface area contributed by atoms with E-state index in [1.807, 2.05) is 30.3 Å². The Hall–Kier alpha value is -2.76. The third-order valence-electron chi connectivity index (χ3n) is 3.79. The number of para-hydroxylation sites is 1. The molecule has 0 amide bonds. The van der Waals surface area contributed by atoms with Crippen molar-refractivity contribution in [2.24, 2.45) is 10.7 Å². The molecule has 2 aliphatic heterocycles. The van der Waals surface area contributed by atoms with Crippen LogP contribution in [0, 0.1) is 0 Å². The average Bonchev–Trinajstić information content (AvgIpc) is 2.90. The fraction of sp³-hybridized carbons (Fsp3) is 0.200. The summed E-state index contributed by atoms with van der Waals surface area (Å²) in [6, 6.07) is 9.74. The molecule has 1 spiro atoms. The van der Waals surface area contributed by atoms with Crippen molar-refractivity contribution < 1.29 is 14.2 Å². The van der Waals surface area contributed by atoms with E-state index < -0.39 is 5.54 Å². The second-order valence-corrected chi connectivity index (χ2v) is 4.89. The van der Waals surface area contributed by atoms with Crippen LogP contribution in [0.4, 0.5) is 0 Å². The smallest absolute Gasteiger partial charge is 0.283 e. The van der Waals surface area contributed by atoms with Gasteiger partial charge in [0.2, 0.25) is 0 Å². The molecular weight excluding hydrogens is 270 g/mol. The maximum absolute atomic E-state index is 5.97. The van der Waals surface area contributed by atoms with Crippen LogP contribution in [0.2, 0.25) is 0 Å². The largest absolute Gasteiger partial charge is 0.478 e. The highest BCUT2D eigenvalue weighted by Crippen LogP contribution is 2.52. The molecule has 0 bridgehead atoms. The van der Waals surface area contributed by atoms with Crippen LogP contribution in [-0.2, 0) is 10.3 Å². The second kappa shape index (κ2) is 4.12. The Kier molecular flexibility index (Phi) is 2.35. The summed E-state index contributed by atoms with van der Waals surface area (Å²) in [6.45, 7) is 0.333. The lowest BCUT2D eigenvalue weighted by Gasteiger charge is -2.33. The number of hydrogen-bond acceptors (Lipinski definition) is 6. The molecule has 0 aliphatic carbocycles. The van der Waals surface area contributed by atoms with Crippen molar-refractivity contribution in [2.45, 2.75) is 5.54 Å². The first-order valence-corrected chi connectivity index (χ1v) is 6.53. The minimum Gasteiger partial charge on any atom is -0.478 e. The predicted octanol–water partition coefficient (Wildman–Crippen LogP) is 1.78. The Morgan fingerprint density at radius 3 is 2.86 bits per heavy atom. The summed E-state index contributed by atoms with van der Waals surface area (Å²) in [5, 5.41) is 0. The van der Waals surface area contributed by atoms with E-state index in [0.717, 1.165) is 11.1 Å². The maximum atomic E-state index is 5.97. The molecule has 3 heterocycles. The molecule has 1 unspecified atom stereocenters. The molecule has 0 saturated carbocycles. The summed E-state index contributed by atoms with van der Waals surface area (Å²) in [5.41, 5.74) is 6.82. The molecule has 6 heteroatoms. The summed E-state index contributed by atoms with van der Waals surface area (Å²) in [5.74, 6) is 1.68. The lowest BCUT2D eigenvalue weighted by Crippen LogP contribution is -2.31. The summed E-state index contributed by atoms with van der Waals surface area (Å²) in [7, 11) is 1.56. The highest BCUT2D eigenvalue weighted by Gasteiger charge is 2.47. The van der Waals surface area contributed by atoms with Gasteiger partial charge in [0.15, 0.2) is 11.3 Å². The van der Waals surface area contributed by atoms with Crippen molar-refractivity contribution >= 4 is 6.02 Å². The quantitative estimate of drug-likeness (QED) is 0.863. The minimum atomic E-state index is -0.704. The van der Waals surface area contributed by atoms with Gasteiger partial charge in [0.25, 0.3) is 11.9 Å². The van der Waals surface area contributed by atoms with Gasteiger partial charge in [0, 0.05) is 17.3 Å². The zero-order chi connectivity index (χ0) is 14.4. The van der Waals surface area contributed by atoms with Gasteiger partial charge in [-0.25, -0.2) is 9.98 Å². The molecule has 0 radical (unpaired) electrons. The minimum absolute atomic E-state index is 0.174. The Morgan fingerprint density at radius 2 is 2.10 bits per heavy atom. The van der Waals surface area contributed by atoms with Gasteiger partial charge >= 0.3 is 0 Å². The van der Waals surface area contributed by atoms with E-state index in [2.05, 4.69) is 9.98 Å². The van der Waals surface area contributed by atoms with Crippen molar-refractivity contribution in [1.29, 1.82) is 0 Å². The summed E-state index contributed by atoms with van der Waals surface area (Å²) in [4.78, 5) is 8.74. The van der Waals surface area contributed by atoms with Gasteiger partial charge in [0.05, 0.1) is 7.11 Å². The van der Waals surface area contributed by atoms with E-state index in [9.17, 15) is 0 Å². The lowest BCUT2D eigenvalue weighted by atomic mass is 9.82. The highest BCUT2D eigenvalue weighted by atomic mass is 16.5. The fourth-order valence-electron chi connectivity index (χ4n) is 2.86. The van der Waals surface area contributed by atoms with Crippen LogP contribution in [-0.4, -0.2) is 24.7 Å². The van der Waals surface area contributed by atoms with Crippen LogP contribution in [0.25, 0.3) is 0 Å². The molecule has 0 saturated heterocycles. The van der Waals surface area contributed by atoms with E-state index in [-0.39, 0.29) is 6.02 Å². The van der Waals surface area contributed by atoms with Gasteiger partial charge < -0.3 is 19.9 Å². The van der Waals surface area contributed by atoms with E-state index in [4.69, 9.17) is 19.9 Å². The molecule has 2 aliphatic rings. The van der Waals surface area contributed by atoms with Gasteiger partial charge in [0.1, 0.15) is 12.4 Å². The van der Waals surface area contributed by atoms with Crippen LogP contribution >= 0.6 is 0 Å². The number of nitrogens with zero attached hydrogens (tertiary/aromatic N) is 2. The second-order valence-electron chi connectivity index (χ2n) is 4.89. The van der Waals surface area contributed by atoms with Gasteiger partial charge in [-0.05, 0) is 12.1 Å². The molecule has 1 atom stereocenters. The van der Waals surface area contributed by atoms with E-state index >= 15 is 0 Å². The topological polar surface area (TPSA) is 79.0 Å². The Balaban J connectivity index is 2.04. The molecule has 2 N–H and O–H groups in total. The predicted molar refractivity (Wildman–Crippen MR) is 75.7 cm³/mol. The SMILES string of the molecule is COc1nccc2c1Oc1ccccc1C21COC(N)=N1. The molecule has 1 aromatic carbocycles. The van der Waals surface area contributed by atoms with Gasteiger partial charge in [-0.1, -0.05) is 18.2 Å². The number of aromatic nitrogens is 1. The van der Waals surface area contributed by atoms with Crippen LogP contribution in [0.15, 0.2) is 41.5 Å². The fourth-order valence-corrected chi connectivity index (χ4v) is 2.86. The number of benzene rings is 1. The number of rotatable bonds is 1. The first kappa shape index (κ1) is 12.0. The van der Waals surface area contributed by atoms with Crippen molar-refractivity contribution in [3.63, 3.8) is 0 Å². The molecular formula is C15H13N3O3. The number of nitrogens with two attached hydrogens (primary N) is 1. The number of methoxy groups -OCH3 is 1. The molecule has 21 heavy (non-hydrogen) atoms. The van der Waals surface area contributed by atoms with Gasteiger partial charge in [-0.15, -0.1) is 0 Å². The van der Waals surface area contributed by atoms with Crippen LogP contribution in [0.5, 0.6) is 17.4 Å². The number of aliphatic imine (C=N–C) groups is 1. The standard InChI is InChI=1S/C15H13N3O3/c1-19-13-12-10(6-7-17-13)15(8-20-14(16)18-15)9-4-2-3-5-11(9)21-12/h2-7H,8H2,1H3,(H2,16,18). The molecule has 2 aromatic rings. The van der Waals surface area contributed by atoms with Crippen LogP contribution in [0.3, 0.4) is 0 Å². The highest BCUT2D eigenvalue weighted by molar-refractivity contribution is 5.77. The number of amidine groups is 1. The average molecular weight is 283 g/mol. The normalized spacial score (nSPS) is 21.9. The van der Waals surface area contributed by atoms with Crippen molar-refractivity contribution in [3.05, 3.63) is 47.7 Å². The monoisotopic (exact) mass is 283 g/mol. The van der Waals surface area contributed by atoms with E-state index in [1.54, 1.807) is 13.3 Å². The summed E-state index contributed by atoms with van der Waals surface area (Å²) < 4.78 is 16.7. The zero-order valence-corrected chi connectivity index (χ0v) is 11.4. The van der Waals surface area contributed by atoms with E-state index in [1.165, 1.54) is 0 Å². The first-order valence-electron chi connectivity index (χ1n) is 6.53. The number of hydrogen-bond donors (Lipinski definition) is 1. The van der Waals surface area contributed by atoms with Gasteiger partial charge in [-0.2, -0.15) is 0 Å². The van der Waals surface area contributed by atoms with Crippen LogP contribution in [0.1, 0.15) is 11.1 Å². The third-order valence-corrected chi connectivity index (χ3v) is 3.79. The molecule has 0 fully saturated rings. The Bertz CT molecular complexity index is 760. The van der Waals surface area contributed by atoms with Gasteiger partial charge in [-0.3, -0.25) is 0 Å². The molecule has 4 rings (SSSR count). The first-order chi connectivity index (χ1) is 10.2. The number of ether oxygens (including phenoxy) is 3. The lowest BCUT2D eigenvalue weighted by molar-refractivity contribution is 0.260. The van der Waals surface area contributed by atoms with Crippen molar-refractivity contribution in [3.8, 4) is 17.4 Å². The van der Waals surface area contributed by atoms with Crippen molar-refractivity contribution in [1.82, 2.24) is 4.98 Å². The van der Waals surface area contributed by atoms with E-state index in [0.29, 0.717) is 24.0 Å². The molecule has 1 aromatic heterocycles.